The monoisotopic (exact) mass is 176 g/mol. The highest BCUT2D eigenvalue weighted by Crippen LogP contribution is 2.24. The van der Waals surface area contributed by atoms with Crippen LogP contribution in [0.5, 0.6) is 0 Å². The van der Waals surface area contributed by atoms with Gasteiger partial charge in [-0.15, -0.1) is 11.6 Å². The summed E-state index contributed by atoms with van der Waals surface area (Å²) in [6, 6.07) is 0. The number of halogens is 2. The van der Waals surface area contributed by atoms with Crippen molar-refractivity contribution in [3.63, 3.8) is 0 Å². The summed E-state index contributed by atoms with van der Waals surface area (Å²) in [6.07, 6.45) is 5.27. The Balaban J connectivity index is 2.54. The second-order valence-electron chi connectivity index (χ2n) is 3.32. The maximum absolute atomic E-state index is 12.9. The Kier molecular flexibility index (Phi) is 3.38. The van der Waals surface area contributed by atoms with E-state index in [9.17, 15) is 4.39 Å². The molecule has 1 rings (SSSR count). The van der Waals surface area contributed by atoms with Crippen LogP contribution in [0.3, 0.4) is 0 Å². The van der Waals surface area contributed by atoms with Crippen molar-refractivity contribution in [3.05, 3.63) is 11.9 Å². The summed E-state index contributed by atoms with van der Waals surface area (Å²) < 4.78 is 12.9. The van der Waals surface area contributed by atoms with Crippen molar-refractivity contribution in [1.29, 1.82) is 0 Å². The van der Waals surface area contributed by atoms with Gasteiger partial charge in [-0.2, -0.15) is 0 Å². The molecule has 2 atom stereocenters. The number of hydrogen-bond acceptors (Lipinski definition) is 0. The predicted molar refractivity (Wildman–Crippen MR) is 46.5 cm³/mol. The van der Waals surface area contributed by atoms with Crippen LogP contribution in [-0.4, -0.2) is 5.38 Å². The maximum Gasteiger partial charge on any atom is 0.0977 e. The fraction of sp³-hybridized carbons (Fsp3) is 0.778. The van der Waals surface area contributed by atoms with Gasteiger partial charge in [0.2, 0.25) is 0 Å². The molecule has 0 fully saturated rings. The molecule has 2 unspecified atom stereocenters. The van der Waals surface area contributed by atoms with E-state index in [4.69, 9.17) is 11.6 Å². The van der Waals surface area contributed by atoms with Gasteiger partial charge in [0.25, 0.3) is 0 Å². The lowest BCUT2D eigenvalue weighted by atomic mass is 9.97. The van der Waals surface area contributed by atoms with Gasteiger partial charge in [-0.3, -0.25) is 0 Å². The lowest BCUT2D eigenvalue weighted by Crippen LogP contribution is -2.04. The summed E-state index contributed by atoms with van der Waals surface area (Å²) in [5, 5.41) is 0.0127. The third kappa shape index (κ3) is 3.24. The second-order valence-corrected chi connectivity index (χ2v) is 3.94. The lowest BCUT2D eigenvalue weighted by Gasteiger charge is -2.14. The molecular formula is C9H14ClF. The minimum absolute atomic E-state index is 0.0127. The van der Waals surface area contributed by atoms with Crippen LogP contribution in [0.25, 0.3) is 0 Å². The Bertz CT molecular complexity index is 154. The summed E-state index contributed by atoms with van der Waals surface area (Å²) in [5.41, 5.74) is 0. The molecule has 0 saturated carbocycles. The summed E-state index contributed by atoms with van der Waals surface area (Å²) in [5.74, 6) is 0.358. The highest BCUT2D eigenvalue weighted by Gasteiger charge is 2.12. The van der Waals surface area contributed by atoms with Crippen LogP contribution in [-0.2, 0) is 0 Å². The van der Waals surface area contributed by atoms with Crippen LogP contribution < -0.4 is 0 Å². The number of rotatable bonds is 0. The molecule has 0 amide bonds. The quantitative estimate of drug-likeness (QED) is 0.495. The van der Waals surface area contributed by atoms with E-state index in [-0.39, 0.29) is 11.2 Å². The summed E-state index contributed by atoms with van der Waals surface area (Å²) in [7, 11) is 0. The van der Waals surface area contributed by atoms with Crippen LogP contribution in [0.1, 0.15) is 32.6 Å². The minimum Gasteiger partial charge on any atom is -0.212 e. The standard InChI is InChI=1S/C9H14ClF/c1-7-3-2-4-8(10)6-9(11)5-7/h5,7-8H,2-4,6H2,1H3. The first-order valence-electron chi connectivity index (χ1n) is 4.18. The molecule has 11 heavy (non-hydrogen) atoms. The van der Waals surface area contributed by atoms with Gasteiger partial charge in [0.05, 0.1) is 5.83 Å². The Morgan fingerprint density at radius 3 is 3.00 bits per heavy atom. The molecule has 0 aromatic carbocycles. The van der Waals surface area contributed by atoms with Crippen LogP contribution in [0.15, 0.2) is 11.9 Å². The smallest absolute Gasteiger partial charge is 0.0977 e. The molecule has 0 aromatic rings. The Morgan fingerprint density at radius 2 is 2.27 bits per heavy atom. The molecular weight excluding hydrogens is 163 g/mol. The third-order valence-electron chi connectivity index (χ3n) is 2.06. The minimum atomic E-state index is -0.0304. The van der Waals surface area contributed by atoms with Gasteiger partial charge in [-0.05, 0) is 18.8 Å². The molecule has 1 aliphatic carbocycles. The molecule has 0 N–H and O–H groups in total. The van der Waals surface area contributed by atoms with Gasteiger partial charge in [-0.1, -0.05) is 19.4 Å². The van der Waals surface area contributed by atoms with Crippen molar-refractivity contribution >= 4 is 11.6 Å². The van der Waals surface area contributed by atoms with Crippen molar-refractivity contribution < 1.29 is 4.39 Å². The topological polar surface area (TPSA) is 0 Å². The zero-order valence-corrected chi connectivity index (χ0v) is 7.57. The van der Waals surface area contributed by atoms with Crippen molar-refractivity contribution in [2.45, 2.75) is 38.0 Å². The summed E-state index contributed by atoms with van der Waals surface area (Å²) >= 11 is 5.86. The average Bonchev–Trinajstić information content (AvgIpc) is 1.83. The highest BCUT2D eigenvalue weighted by molar-refractivity contribution is 6.20. The molecule has 64 valence electrons. The van der Waals surface area contributed by atoms with E-state index in [1.165, 1.54) is 0 Å². The van der Waals surface area contributed by atoms with Crippen molar-refractivity contribution in [2.24, 2.45) is 5.92 Å². The number of allylic oxidation sites excluding steroid dienone is 2. The van der Waals surface area contributed by atoms with Crippen LogP contribution in [0.2, 0.25) is 0 Å². The van der Waals surface area contributed by atoms with Gasteiger partial charge >= 0.3 is 0 Å². The van der Waals surface area contributed by atoms with Gasteiger partial charge in [0.1, 0.15) is 0 Å². The van der Waals surface area contributed by atoms with Crippen molar-refractivity contribution in [3.8, 4) is 0 Å². The Hall–Kier alpha value is -0.0400. The van der Waals surface area contributed by atoms with Gasteiger partial charge < -0.3 is 0 Å². The van der Waals surface area contributed by atoms with E-state index >= 15 is 0 Å². The largest absolute Gasteiger partial charge is 0.212 e. The molecule has 0 aromatic heterocycles. The van der Waals surface area contributed by atoms with Crippen LogP contribution in [0.4, 0.5) is 4.39 Å². The van der Waals surface area contributed by atoms with Gasteiger partial charge in [0, 0.05) is 11.8 Å². The lowest BCUT2D eigenvalue weighted by molar-refractivity contribution is 0.488. The van der Waals surface area contributed by atoms with Gasteiger partial charge in [-0.25, -0.2) is 4.39 Å². The average molecular weight is 177 g/mol. The Morgan fingerprint density at radius 1 is 1.55 bits per heavy atom. The zero-order chi connectivity index (χ0) is 8.27. The second kappa shape index (κ2) is 4.10. The predicted octanol–water partition coefficient (Wildman–Crippen LogP) is 3.66. The molecule has 0 radical (unpaired) electrons. The SMILES string of the molecule is CC1C=C(F)CC(Cl)CCC1. The Labute approximate surface area is 72.4 Å². The normalized spacial score (nSPS) is 33.9. The third-order valence-corrected chi connectivity index (χ3v) is 2.43. The molecule has 2 heteroatoms. The first kappa shape index (κ1) is 9.05. The first-order chi connectivity index (χ1) is 5.18. The van der Waals surface area contributed by atoms with E-state index in [0.29, 0.717) is 12.3 Å². The number of hydrogen-bond donors (Lipinski definition) is 0. The molecule has 1 aliphatic rings. The maximum atomic E-state index is 12.9. The van der Waals surface area contributed by atoms with E-state index in [1.807, 2.05) is 6.92 Å². The van der Waals surface area contributed by atoms with Crippen molar-refractivity contribution in [1.82, 2.24) is 0 Å². The fourth-order valence-electron chi connectivity index (χ4n) is 1.44. The van der Waals surface area contributed by atoms with E-state index in [2.05, 4.69) is 0 Å². The van der Waals surface area contributed by atoms with Crippen molar-refractivity contribution in [2.75, 3.05) is 0 Å². The van der Waals surface area contributed by atoms with Crippen LogP contribution >= 0.6 is 11.6 Å². The van der Waals surface area contributed by atoms with Crippen LogP contribution in [0, 0.1) is 5.92 Å². The summed E-state index contributed by atoms with van der Waals surface area (Å²) in [4.78, 5) is 0. The molecule has 0 heterocycles. The first-order valence-corrected chi connectivity index (χ1v) is 4.62. The van der Waals surface area contributed by atoms with Gasteiger partial charge in [0.15, 0.2) is 0 Å². The molecule has 0 spiro atoms. The molecule has 0 bridgehead atoms. The highest BCUT2D eigenvalue weighted by atomic mass is 35.5. The molecule has 0 nitrogen and oxygen atoms in total. The van der Waals surface area contributed by atoms with E-state index < -0.39 is 0 Å². The fourth-order valence-corrected chi connectivity index (χ4v) is 1.74. The van der Waals surface area contributed by atoms with E-state index in [0.717, 1.165) is 19.3 Å². The zero-order valence-electron chi connectivity index (χ0n) is 6.82. The van der Waals surface area contributed by atoms with E-state index in [1.54, 1.807) is 6.08 Å². The number of alkyl halides is 1. The molecule has 0 saturated heterocycles. The molecule has 0 aliphatic heterocycles. The summed E-state index contributed by atoms with van der Waals surface area (Å²) in [6.45, 7) is 2.05.